The van der Waals surface area contributed by atoms with Crippen LogP contribution in [0.1, 0.15) is 30.6 Å². The summed E-state index contributed by atoms with van der Waals surface area (Å²) < 4.78 is 6.02. The fourth-order valence-corrected chi connectivity index (χ4v) is 2.23. The fourth-order valence-electron chi connectivity index (χ4n) is 2.23. The molecule has 1 atom stereocenters. The van der Waals surface area contributed by atoms with E-state index >= 15 is 0 Å². The molecule has 1 N–H and O–H groups in total. The number of hydrogen-bond acceptors (Lipinski definition) is 2. The average molecular weight is 256 g/mol. The molecule has 0 radical (unpaired) electrons. The smallest absolute Gasteiger partial charge is 0.124 e. The van der Waals surface area contributed by atoms with Crippen LogP contribution in [0.4, 0.5) is 0 Å². The van der Waals surface area contributed by atoms with Crippen molar-refractivity contribution in [1.29, 1.82) is 0 Å². The third kappa shape index (κ3) is 3.58. The van der Waals surface area contributed by atoms with Crippen LogP contribution in [0, 0.1) is 0 Å². The van der Waals surface area contributed by atoms with Crippen LogP contribution in [-0.2, 0) is 6.42 Å². The zero-order valence-corrected chi connectivity index (χ0v) is 11.3. The number of aliphatic hydroxyl groups is 1. The van der Waals surface area contributed by atoms with Crippen LogP contribution in [0.5, 0.6) is 5.75 Å². The van der Waals surface area contributed by atoms with Gasteiger partial charge in [0.2, 0.25) is 0 Å². The minimum Gasteiger partial charge on any atom is -0.485 e. The Bertz CT molecular complexity index is 494. The Morgan fingerprint density at radius 2 is 1.68 bits per heavy atom. The SMILES string of the molecule is CCO.c1ccc(C2CCc3ccccc3O2)cc1. The predicted molar refractivity (Wildman–Crippen MR) is 77.3 cm³/mol. The van der Waals surface area contributed by atoms with Gasteiger partial charge in [0.15, 0.2) is 0 Å². The maximum absolute atomic E-state index is 7.57. The van der Waals surface area contributed by atoms with Crippen molar-refractivity contribution in [2.75, 3.05) is 6.61 Å². The van der Waals surface area contributed by atoms with Gasteiger partial charge in [0.1, 0.15) is 11.9 Å². The third-order valence-electron chi connectivity index (χ3n) is 3.09. The number of fused-ring (bicyclic) bond motifs is 1. The quantitative estimate of drug-likeness (QED) is 0.842. The van der Waals surface area contributed by atoms with Gasteiger partial charge in [0.05, 0.1) is 0 Å². The first-order valence-corrected chi connectivity index (χ1v) is 6.75. The first-order chi connectivity index (χ1) is 9.35. The van der Waals surface area contributed by atoms with Crippen LogP contribution in [0.25, 0.3) is 0 Å². The maximum atomic E-state index is 7.57. The molecule has 100 valence electrons. The van der Waals surface area contributed by atoms with Crippen LogP contribution < -0.4 is 4.74 Å². The summed E-state index contributed by atoms with van der Waals surface area (Å²) in [6.45, 7) is 1.93. The van der Waals surface area contributed by atoms with Crippen LogP contribution in [-0.4, -0.2) is 11.7 Å². The molecule has 0 spiro atoms. The molecular weight excluding hydrogens is 236 g/mol. The van der Waals surface area contributed by atoms with Gasteiger partial charge >= 0.3 is 0 Å². The normalized spacial score (nSPS) is 16.6. The van der Waals surface area contributed by atoms with Crippen LogP contribution in [0.15, 0.2) is 54.6 Å². The van der Waals surface area contributed by atoms with Gasteiger partial charge < -0.3 is 9.84 Å². The van der Waals surface area contributed by atoms with Gasteiger partial charge in [-0.1, -0.05) is 48.5 Å². The van der Waals surface area contributed by atoms with Gasteiger partial charge in [-0.05, 0) is 37.0 Å². The maximum Gasteiger partial charge on any atom is 0.124 e. The van der Waals surface area contributed by atoms with E-state index in [0.29, 0.717) is 0 Å². The molecule has 1 aliphatic heterocycles. The molecule has 0 saturated heterocycles. The van der Waals surface area contributed by atoms with Crippen molar-refractivity contribution in [3.8, 4) is 5.75 Å². The minimum absolute atomic E-state index is 0.219. The second kappa shape index (κ2) is 6.95. The van der Waals surface area contributed by atoms with E-state index in [4.69, 9.17) is 9.84 Å². The van der Waals surface area contributed by atoms with Crippen molar-refractivity contribution in [1.82, 2.24) is 0 Å². The summed E-state index contributed by atoms with van der Waals surface area (Å²) in [5.41, 5.74) is 2.60. The lowest BCUT2D eigenvalue weighted by atomic mass is 9.98. The van der Waals surface area contributed by atoms with Crippen LogP contribution in [0.3, 0.4) is 0 Å². The van der Waals surface area contributed by atoms with Crippen LogP contribution in [0.2, 0.25) is 0 Å². The lowest BCUT2D eigenvalue weighted by molar-refractivity contribution is 0.176. The molecule has 3 rings (SSSR count). The molecule has 2 aromatic carbocycles. The van der Waals surface area contributed by atoms with Gasteiger partial charge in [0, 0.05) is 6.61 Å². The van der Waals surface area contributed by atoms with Crippen molar-refractivity contribution in [3.63, 3.8) is 0 Å². The molecule has 0 amide bonds. The Labute approximate surface area is 114 Å². The van der Waals surface area contributed by atoms with Gasteiger partial charge in [-0.25, -0.2) is 0 Å². The molecule has 1 aliphatic rings. The molecule has 0 aromatic heterocycles. The van der Waals surface area contributed by atoms with E-state index in [1.54, 1.807) is 6.92 Å². The number of benzene rings is 2. The van der Waals surface area contributed by atoms with E-state index in [9.17, 15) is 0 Å². The van der Waals surface area contributed by atoms with Gasteiger partial charge in [0.25, 0.3) is 0 Å². The Balaban J connectivity index is 0.000000408. The highest BCUT2D eigenvalue weighted by atomic mass is 16.5. The molecule has 19 heavy (non-hydrogen) atoms. The predicted octanol–water partition coefficient (Wildman–Crippen LogP) is 3.75. The Hall–Kier alpha value is -1.80. The molecule has 2 heteroatoms. The van der Waals surface area contributed by atoms with E-state index in [1.165, 1.54) is 11.1 Å². The fraction of sp³-hybridized carbons (Fsp3) is 0.294. The lowest BCUT2D eigenvalue weighted by Gasteiger charge is -2.26. The Morgan fingerprint density at radius 3 is 2.42 bits per heavy atom. The molecular formula is C17H20O2. The highest BCUT2D eigenvalue weighted by molar-refractivity contribution is 5.36. The topological polar surface area (TPSA) is 29.5 Å². The van der Waals surface area contributed by atoms with Gasteiger partial charge in [-0.3, -0.25) is 0 Å². The summed E-state index contributed by atoms with van der Waals surface area (Å²) in [6, 6.07) is 18.8. The first-order valence-electron chi connectivity index (χ1n) is 6.75. The van der Waals surface area contributed by atoms with Crippen molar-refractivity contribution in [2.45, 2.75) is 25.9 Å². The molecule has 2 nitrogen and oxygen atoms in total. The molecule has 0 aliphatic carbocycles. The minimum atomic E-state index is 0.219. The molecule has 1 heterocycles. The highest BCUT2D eigenvalue weighted by Gasteiger charge is 2.20. The monoisotopic (exact) mass is 256 g/mol. The zero-order valence-electron chi connectivity index (χ0n) is 11.3. The summed E-state index contributed by atoms with van der Waals surface area (Å²) in [6.07, 6.45) is 2.40. The number of rotatable bonds is 1. The number of para-hydroxylation sites is 1. The lowest BCUT2D eigenvalue weighted by Crippen LogP contribution is -2.14. The first kappa shape index (κ1) is 13.6. The number of hydrogen-bond donors (Lipinski definition) is 1. The summed E-state index contributed by atoms with van der Waals surface area (Å²) in [5.74, 6) is 1.04. The van der Waals surface area contributed by atoms with E-state index in [-0.39, 0.29) is 12.7 Å². The van der Waals surface area contributed by atoms with Crippen molar-refractivity contribution >= 4 is 0 Å². The second-order valence-electron chi connectivity index (χ2n) is 4.48. The van der Waals surface area contributed by atoms with Gasteiger partial charge in [-0.15, -0.1) is 0 Å². The largest absolute Gasteiger partial charge is 0.485 e. The summed E-state index contributed by atoms with van der Waals surface area (Å²) in [5, 5.41) is 7.57. The third-order valence-corrected chi connectivity index (χ3v) is 3.09. The molecule has 1 unspecified atom stereocenters. The summed E-state index contributed by atoms with van der Waals surface area (Å²) in [7, 11) is 0. The van der Waals surface area contributed by atoms with E-state index in [2.05, 4.69) is 42.5 Å². The van der Waals surface area contributed by atoms with Gasteiger partial charge in [-0.2, -0.15) is 0 Å². The molecule has 0 bridgehead atoms. The number of aryl methyl sites for hydroxylation is 1. The van der Waals surface area contributed by atoms with Crippen molar-refractivity contribution in [3.05, 3.63) is 65.7 Å². The summed E-state index contributed by atoms with van der Waals surface area (Å²) >= 11 is 0. The molecule has 0 fully saturated rings. The van der Waals surface area contributed by atoms with Crippen molar-refractivity contribution in [2.24, 2.45) is 0 Å². The Morgan fingerprint density at radius 1 is 1.05 bits per heavy atom. The average Bonchev–Trinajstić information content (AvgIpc) is 2.48. The van der Waals surface area contributed by atoms with Crippen molar-refractivity contribution < 1.29 is 9.84 Å². The van der Waals surface area contributed by atoms with Crippen LogP contribution >= 0.6 is 0 Å². The standard InChI is InChI=1S/C15H14O.C2H6O/c1-2-6-12(7-3-1)15-11-10-13-8-4-5-9-14(13)16-15;1-2-3/h1-9,15H,10-11H2;3H,2H2,1H3. The molecule has 2 aromatic rings. The Kier molecular flexibility index (Phi) is 4.99. The summed E-state index contributed by atoms with van der Waals surface area (Å²) in [4.78, 5) is 0. The highest BCUT2D eigenvalue weighted by Crippen LogP contribution is 2.34. The second-order valence-corrected chi connectivity index (χ2v) is 4.48. The number of ether oxygens (including phenoxy) is 1. The van der Waals surface area contributed by atoms with E-state index in [0.717, 1.165) is 18.6 Å². The zero-order chi connectivity index (χ0) is 13.5. The van der Waals surface area contributed by atoms with E-state index < -0.39 is 0 Å². The number of aliphatic hydroxyl groups excluding tert-OH is 1. The van der Waals surface area contributed by atoms with E-state index in [1.807, 2.05) is 12.1 Å². The molecule has 0 saturated carbocycles.